The van der Waals surface area contributed by atoms with Crippen molar-refractivity contribution in [2.75, 3.05) is 13.6 Å². The Morgan fingerprint density at radius 1 is 1.00 bits per heavy atom. The van der Waals surface area contributed by atoms with E-state index in [0.29, 0.717) is 0 Å². The van der Waals surface area contributed by atoms with E-state index in [-0.39, 0.29) is 12.5 Å². The van der Waals surface area contributed by atoms with Crippen molar-refractivity contribution in [3.05, 3.63) is 59.7 Å². The topological polar surface area (TPSA) is 41.5 Å². The lowest BCUT2D eigenvalue weighted by Gasteiger charge is -2.11. The standard InChI is InChI=1S/C17H16N2OS/c1-18-12-17(20)19-21-15-8-4-2-6-13(15)10-11-14-7-3-5-9-16(14)21/h2-11,18H,12H2,1H3. The first kappa shape index (κ1) is 13.9. The van der Waals surface area contributed by atoms with E-state index in [1.165, 1.54) is 0 Å². The van der Waals surface area contributed by atoms with Gasteiger partial charge >= 0.3 is 0 Å². The van der Waals surface area contributed by atoms with Gasteiger partial charge in [-0.1, -0.05) is 48.6 Å². The summed E-state index contributed by atoms with van der Waals surface area (Å²) >= 11 is 0. The maximum absolute atomic E-state index is 12.0. The summed E-state index contributed by atoms with van der Waals surface area (Å²) in [5.41, 5.74) is 2.25. The third kappa shape index (κ3) is 2.86. The van der Waals surface area contributed by atoms with Crippen LogP contribution in [0.3, 0.4) is 0 Å². The average molecular weight is 296 g/mol. The van der Waals surface area contributed by atoms with Crippen LogP contribution in [0.15, 0.2) is 62.7 Å². The van der Waals surface area contributed by atoms with Crippen LogP contribution in [-0.2, 0) is 15.5 Å². The second-order valence-corrected chi connectivity index (χ2v) is 6.34. The molecule has 2 aromatic rings. The molecule has 1 amide bonds. The van der Waals surface area contributed by atoms with E-state index in [0.717, 1.165) is 20.9 Å². The van der Waals surface area contributed by atoms with Crippen LogP contribution in [0.1, 0.15) is 11.1 Å². The Labute approximate surface area is 126 Å². The van der Waals surface area contributed by atoms with Gasteiger partial charge in [-0.3, -0.25) is 4.79 Å². The maximum atomic E-state index is 12.0. The highest BCUT2D eigenvalue weighted by Crippen LogP contribution is 2.30. The van der Waals surface area contributed by atoms with Gasteiger partial charge in [0.1, 0.15) is 0 Å². The summed E-state index contributed by atoms with van der Waals surface area (Å²) in [6.45, 7) is 0.265. The first-order valence-electron chi connectivity index (χ1n) is 6.79. The highest BCUT2D eigenvalue weighted by molar-refractivity contribution is 7.88. The Morgan fingerprint density at radius 3 is 2.05 bits per heavy atom. The summed E-state index contributed by atoms with van der Waals surface area (Å²) in [6, 6.07) is 16.3. The zero-order valence-electron chi connectivity index (χ0n) is 11.7. The molecule has 106 valence electrons. The quantitative estimate of drug-likeness (QED) is 0.789. The van der Waals surface area contributed by atoms with Gasteiger partial charge in [-0.2, -0.15) is 4.36 Å². The van der Waals surface area contributed by atoms with Crippen LogP contribution >= 0.6 is 0 Å². The molecule has 3 rings (SSSR count). The number of rotatable bonds is 2. The highest BCUT2D eigenvalue weighted by Gasteiger charge is 2.15. The Kier molecular flexibility index (Phi) is 4.08. The monoisotopic (exact) mass is 296 g/mol. The van der Waals surface area contributed by atoms with Crippen molar-refractivity contribution in [2.45, 2.75) is 9.79 Å². The number of likely N-dealkylation sites (N-methyl/N-ethyl adjacent to an activating group) is 1. The fourth-order valence-corrected chi connectivity index (χ4v) is 4.11. The predicted octanol–water partition coefficient (Wildman–Crippen LogP) is 3.14. The SMILES string of the molecule is CNCC(=O)N=S1c2ccccc2C=Cc2ccccc21. The molecular formula is C17H16N2OS. The zero-order chi connectivity index (χ0) is 14.7. The second-order valence-electron chi connectivity index (χ2n) is 4.71. The number of nitrogens with zero attached hydrogens (tertiary/aromatic N) is 1. The molecule has 21 heavy (non-hydrogen) atoms. The van der Waals surface area contributed by atoms with Crippen LogP contribution in [0.25, 0.3) is 12.2 Å². The number of carbonyl (C=O) groups excluding carboxylic acids is 1. The van der Waals surface area contributed by atoms with Gasteiger partial charge in [-0.05, 0) is 41.0 Å². The first-order valence-corrected chi connectivity index (χ1v) is 7.97. The molecule has 1 aliphatic heterocycles. The van der Waals surface area contributed by atoms with Crippen LogP contribution in [0.5, 0.6) is 0 Å². The molecule has 1 N–H and O–H groups in total. The van der Waals surface area contributed by atoms with Crippen molar-refractivity contribution in [3.8, 4) is 0 Å². The van der Waals surface area contributed by atoms with Crippen molar-refractivity contribution in [2.24, 2.45) is 4.36 Å². The fraction of sp³-hybridized carbons (Fsp3) is 0.118. The van der Waals surface area contributed by atoms with Crippen molar-refractivity contribution >= 4 is 28.8 Å². The van der Waals surface area contributed by atoms with Crippen LogP contribution in [0.2, 0.25) is 0 Å². The molecule has 1 heterocycles. The number of amides is 1. The number of benzene rings is 2. The third-order valence-corrected chi connectivity index (χ3v) is 5.18. The van der Waals surface area contributed by atoms with Crippen molar-refractivity contribution in [1.82, 2.24) is 5.32 Å². The van der Waals surface area contributed by atoms with Gasteiger partial charge in [0.15, 0.2) is 0 Å². The van der Waals surface area contributed by atoms with E-state index in [2.05, 4.69) is 46.1 Å². The Balaban J connectivity index is 2.22. The van der Waals surface area contributed by atoms with Crippen LogP contribution < -0.4 is 5.32 Å². The Bertz CT molecular complexity index is 698. The molecule has 0 saturated carbocycles. The number of nitrogens with one attached hydrogen (secondary N) is 1. The van der Waals surface area contributed by atoms with E-state index >= 15 is 0 Å². The van der Waals surface area contributed by atoms with E-state index in [9.17, 15) is 4.79 Å². The first-order chi connectivity index (χ1) is 10.3. The summed E-state index contributed by atoms with van der Waals surface area (Å²) in [6.07, 6.45) is 4.19. The Hall–Kier alpha value is -2.04. The lowest BCUT2D eigenvalue weighted by atomic mass is 10.1. The molecule has 0 unspecified atom stereocenters. The van der Waals surface area contributed by atoms with E-state index in [4.69, 9.17) is 0 Å². The predicted molar refractivity (Wildman–Crippen MR) is 87.1 cm³/mol. The summed E-state index contributed by atoms with van der Waals surface area (Å²) in [4.78, 5) is 14.2. The fourth-order valence-electron chi connectivity index (χ4n) is 2.27. The molecule has 0 fully saturated rings. The maximum Gasteiger partial charge on any atom is 0.266 e. The van der Waals surface area contributed by atoms with Gasteiger partial charge < -0.3 is 5.32 Å². The van der Waals surface area contributed by atoms with Crippen molar-refractivity contribution < 1.29 is 4.79 Å². The largest absolute Gasteiger partial charge is 0.311 e. The minimum absolute atomic E-state index is 0.118. The molecule has 3 nitrogen and oxygen atoms in total. The van der Waals surface area contributed by atoms with Gasteiger partial charge in [0.25, 0.3) is 5.91 Å². The minimum Gasteiger partial charge on any atom is -0.311 e. The molecule has 1 aliphatic rings. The summed E-state index contributed by atoms with van der Waals surface area (Å²) in [7, 11) is 1.19. The smallest absolute Gasteiger partial charge is 0.266 e. The minimum atomic E-state index is -0.571. The molecule has 0 spiro atoms. The summed E-state index contributed by atoms with van der Waals surface area (Å²) in [5, 5.41) is 2.87. The normalized spacial score (nSPS) is 13.2. The summed E-state index contributed by atoms with van der Waals surface area (Å²) in [5.74, 6) is -0.118. The molecule has 0 bridgehead atoms. The highest BCUT2D eigenvalue weighted by atomic mass is 32.2. The zero-order valence-corrected chi connectivity index (χ0v) is 12.6. The van der Waals surface area contributed by atoms with Gasteiger partial charge in [0, 0.05) is 9.79 Å². The van der Waals surface area contributed by atoms with E-state index in [1.54, 1.807) is 7.05 Å². The van der Waals surface area contributed by atoms with Gasteiger partial charge in [-0.15, -0.1) is 0 Å². The third-order valence-electron chi connectivity index (χ3n) is 3.22. The molecule has 0 atom stereocenters. The number of hydrogen-bond acceptors (Lipinski definition) is 2. The second kappa shape index (κ2) is 6.16. The molecular weight excluding hydrogens is 280 g/mol. The Morgan fingerprint density at radius 2 is 1.52 bits per heavy atom. The lowest BCUT2D eigenvalue weighted by Crippen LogP contribution is -2.17. The molecule has 0 radical (unpaired) electrons. The summed E-state index contributed by atoms with van der Waals surface area (Å²) < 4.78 is 4.45. The molecule has 0 aromatic heterocycles. The molecule has 2 aromatic carbocycles. The van der Waals surface area contributed by atoms with E-state index in [1.807, 2.05) is 24.3 Å². The van der Waals surface area contributed by atoms with Crippen LogP contribution in [-0.4, -0.2) is 19.5 Å². The number of fused-ring (bicyclic) bond motifs is 2. The average Bonchev–Trinajstić information content (AvgIpc) is 2.66. The molecule has 0 saturated heterocycles. The molecule has 4 heteroatoms. The van der Waals surface area contributed by atoms with Crippen LogP contribution in [0, 0.1) is 0 Å². The number of hydrogen-bond donors (Lipinski definition) is 1. The van der Waals surface area contributed by atoms with Crippen molar-refractivity contribution in [3.63, 3.8) is 0 Å². The van der Waals surface area contributed by atoms with Gasteiger partial charge in [0.2, 0.25) is 0 Å². The lowest BCUT2D eigenvalue weighted by molar-refractivity contribution is -0.116. The van der Waals surface area contributed by atoms with Gasteiger partial charge in [-0.25, -0.2) is 0 Å². The molecule has 0 aliphatic carbocycles. The van der Waals surface area contributed by atoms with Crippen LogP contribution in [0.4, 0.5) is 0 Å². The van der Waals surface area contributed by atoms with E-state index < -0.39 is 10.7 Å². The van der Waals surface area contributed by atoms with Gasteiger partial charge in [0.05, 0.1) is 6.54 Å². The number of carbonyl (C=O) groups is 1. The van der Waals surface area contributed by atoms with Crippen molar-refractivity contribution in [1.29, 1.82) is 0 Å².